The highest BCUT2D eigenvalue weighted by Gasteiger charge is 2.19. The van der Waals surface area contributed by atoms with Crippen LogP contribution in [0, 0.1) is 0 Å². The third kappa shape index (κ3) is 5.57. The Morgan fingerprint density at radius 1 is 1.42 bits per heavy atom. The summed E-state index contributed by atoms with van der Waals surface area (Å²) in [6.07, 6.45) is 2.23. The Kier molecular flexibility index (Phi) is 5.75. The van der Waals surface area contributed by atoms with Crippen molar-refractivity contribution in [1.82, 2.24) is 10.1 Å². The summed E-state index contributed by atoms with van der Waals surface area (Å²) in [6.45, 7) is 9.37. The van der Waals surface area contributed by atoms with Gasteiger partial charge in [0.25, 0.3) is 5.95 Å². The monoisotopic (exact) mass is 270 g/mol. The van der Waals surface area contributed by atoms with E-state index in [0.29, 0.717) is 18.4 Å². The topological polar surface area (TPSA) is 77.4 Å². The first-order chi connectivity index (χ1) is 8.83. The molecule has 6 heteroatoms. The van der Waals surface area contributed by atoms with Crippen LogP contribution in [0.3, 0.4) is 0 Å². The van der Waals surface area contributed by atoms with Crippen molar-refractivity contribution >= 4 is 5.95 Å². The quantitative estimate of drug-likeness (QED) is 0.817. The Bertz CT molecular complexity index is 373. The van der Waals surface area contributed by atoms with Crippen LogP contribution < -0.4 is 10.6 Å². The van der Waals surface area contributed by atoms with Crippen molar-refractivity contribution in [1.29, 1.82) is 0 Å². The van der Waals surface area contributed by atoms with Crippen molar-refractivity contribution in [3.8, 4) is 0 Å². The molecule has 0 aliphatic carbocycles. The van der Waals surface area contributed by atoms with E-state index in [-0.39, 0.29) is 11.6 Å². The third-order valence-electron chi connectivity index (χ3n) is 2.63. The first-order valence-electron chi connectivity index (χ1n) is 6.77. The molecule has 0 amide bonds. The van der Waals surface area contributed by atoms with Crippen LogP contribution in [0.2, 0.25) is 0 Å². The minimum Gasteiger partial charge on any atom is -0.374 e. The normalized spacial score (nSPS) is 13.6. The molecular weight excluding hydrogens is 244 g/mol. The number of rotatable bonds is 7. The number of nitrogens with zero attached hydrogens (tertiary/aromatic N) is 3. The predicted octanol–water partition coefficient (Wildman–Crippen LogP) is 2.12. The Balaban J connectivity index is 2.53. The van der Waals surface area contributed by atoms with Crippen molar-refractivity contribution < 1.29 is 9.26 Å². The molecule has 0 unspecified atom stereocenters. The van der Waals surface area contributed by atoms with E-state index < -0.39 is 0 Å². The van der Waals surface area contributed by atoms with Gasteiger partial charge in [0, 0.05) is 13.6 Å². The maximum absolute atomic E-state index is 5.98. The van der Waals surface area contributed by atoms with Gasteiger partial charge in [0.1, 0.15) is 6.04 Å². The van der Waals surface area contributed by atoms with Crippen LogP contribution in [0.25, 0.3) is 0 Å². The molecule has 0 aromatic carbocycles. The molecule has 1 heterocycles. The first kappa shape index (κ1) is 15.9. The van der Waals surface area contributed by atoms with Crippen LogP contribution >= 0.6 is 0 Å². The maximum Gasteiger partial charge on any atom is 0.265 e. The summed E-state index contributed by atoms with van der Waals surface area (Å²) in [5, 5.41) is 3.94. The van der Waals surface area contributed by atoms with Crippen molar-refractivity contribution in [2.24, 2.45) is 5.73 Å². The van der Waals surface area contributed by atoms with Gasteiger partial charge in [0.15, 0.2) is 0 Å². The predicted molar refractivity (Wildman–Crippen MR) is 75.1 cm³/mol. The van der Waals surface area contributed by atoms with Crippen LogP contribution in [0.5, 0.6) is 0 Å². The van der Waals surface area contributed by atoms with Gasteiger partial charge in [-0.05, 0) is 32.3 Å². The highest BCUT2D eigenvalue weighted by molar-refractivity contribution is 5.25. The lowest BCUT2D eigenvalue weighted by molar-refractivity contribution is -0.0134. The van der Waals surface area contributed by atoms with Gasteiger partial charge in [-0.2, -0.15) is 4.98 Å². The average molecular weight is 270 g/mol. The summed E-state index contributed by atoms with van der Waals surface area (Å²) >= 11 is 0. The zero-order valence-corrected chi connectivity index (χ0v) is 12.6. The molecule has 110 valence electrons. The van der Waals surface area contributed by atoms with Crippen LogP contribution in [-0.2, 0) is 4.74 Å². The Hall–Kier alpha value is -1.14. The molecule has 19 heavy (non-hydrogen) atoms. The highest BCUT2D eigenvalue weighted by atomic mass is 16.5. The van der Waals surface area contributed by atoms with Crippen LogP contribution in [-0.4, -0.2) is 35.9 Å². The van der Waals surface area contributed by atoms with Gasteiger partial charge < -0.3 is 19.9 Å². The zero-order valence-electron chi connectivity index (χ0n) is 12.6. The molecule has 0 saturated heterocycles. The summed E-state index contributed by atoms with van der Waals surface area (Å²) < 4.78 is 10.8. The number of unbranched alkanes of at least 4 members (excludes halogenated alkanes) is 1. The SMILES string of the molecule is CCCCN(C)c1noc([C@@H](N)COC(C)(C)C)n1. The van der Waals surface area contributed by atoms with E-state index in [9.17, 15) is 0 Å². The second kappa shape index (κ2) is 6.86. The van der Waals surface area contributed by atoms with E-state index in [1.165, 1.54) is 0 Å². The fraction of sp³-hybridized carbons (Fsp3) is 0.846. The zero-order chi connectivity index (χ0) is 14.5. The minimum absolute atomic E-state index is 0.224. The number of hydrogen-bond acceptors (Lipinski definition) is 6. The summed E-state index contributed by atoms with van der Waals surface area (Å²) in [6, 6.07) is -0.389. The van der Waals surface area contributed by atoms with Crippen LogP contribution in [0.15, 0.2) is 4.52 Å². The molecule has 0 radical (unpaired) electrons. The number of anilines is 1. The summed E-state index contributed by atoms with van der Waals surface area (Å²) in [5.74, 6) is 0.997. The summed E-state index contributed by atoms with van der Waals surface area (Å²) in [7, 11) is 1.95. The third-order valence-corrected chi connectivity index (χ3v) is 2.63. The van der Waals surface area contributed by atoms with Gasteiger partial charge in [-0.15, -0.1) is 0 Å². The lowest BCUT2D eigenvalue weighted by atomic mass is 10.2. The van der Waals surface area contributed by atoms with E-state index >= 15 is 0 Å². The van der Waals surface area contributed by atoms with Gasteiger partial charge in [-0.1, -0.05) is 13.3 Å². The molecule has 1 atom stereocenters. The molecule has 0 aliphatic rings. The molecule has 0 spiro atoms. The second-order valence-corrected chi connectivity index (χ2v) is 5.74. The molecule has 1 rings (SSSR count). The molecule has 1 aromatic heterocycles. The maximum atomic E-state index is 5.98. The van der Waals surface area contributed by atoms with E-state index in [1.54, 1.807) is 0 Å². The molecular formula is C13H26N4O2. The molecule has 0 saturated carbocycles. The smallest absolute Gasteiger partial charge is 0.265 e. The molecule has 6 nitrogen and oxygen atoms in total. The van der Waals surface area contributed by atoms with Gasteiger partial charge in [0.05, 0.1) is 12.2 Å². The number of ether oxygens (including phenoxy) is 1. The molecule has 0 aliphatic heterocycles. The summed E-state index contributed by atoms with van der Waals surface area (Å²) in [5.41, 5.74) is 5.75. The fourth-order valence-corrected chi connectivity index (χ4v) is 1.44. The molecule has 1 aromatic rings. The number of nitrogens with two attached hydrogens (primary N) is 1. The van der Waals surface area contributed by atoms with Crippen molar-refractivity contribution in [3.05, 3.63) is 5.89 Å². The van der Waals surface area contributed by atoms with Gasteiger partial charge in [0.2, 0.25) is 5.89 Å². The molecule has 2 N–H and O–H groups in total. The number of aromatic nitrogens is 2. The summed E-state index contributed by atoms with van der Waals surface area (Å²) in [4.78, 5) is 6.27. The Morgan fingerprint density at radius 3 is 2.68 bits per heavy atom. The van der Waals surface area contributed by atoms with Crippen molar-refractivity contribution in [2.45, 2.75) is 52.2 Å². The van der Waals surface area contributed by atoms with Crippen molar-refractivity contribution in [3.63, 3.8) is 0 Å². The van der Waals surface area contributed by atoms with Gasteiger partial charge >= 0.3 is 0 Å². The lowest BCUT2D eigenvalue weighted by Crippen LogP contribution is -2.26. The van der Waals surface area contributed by atoms with E-state index in [0.717, 1.165) is 19.4 Å². The van der Waals surface area contributed by atoms with Crippen molar-refractivity contribution in [2.75, 3.05) is 25.1 Å². The standard InChI is InChI=1S/C13H26N4O2/c1-6-7-8-17(5)12-15-11(19-16-12)10(14)9-18-13(2,3)4/h10H,6-9,14H2,1-5H3/t10-/m0/s1. The van der Waals surface area contributed by atoms with Crippen LogP contribution in [0.1, 0.15) is 52.5 Å². The Labute approximate surface area is 115 Å². The highest BCUT2D eigenvalue weighted by Crippen LogP contribution is 2.16. The van der Waals surface area contributed by atoms with E-state index in [2.05, 4.69) is 17.1 Å². The minimum atomic E-state index is -0.389. The Morgan fingerprint density at radius 2 is 2.11 bits per heavy atom. The fourth-order valence-electron chi connectivity index (χ4n) is 1.44. The lowest BCUT2D eigenvalue weighted by Gasteiger charge is -2.20. The van der Waals surface area contributed by atoms with Gasteiger partial charge in [-0.25, -0.2) is 0 Å². The van der Waals surface area contributed by atoms with E-state index in [1.807, 2.05) is 32.7 Å². The van der Waals surface area contributed by atoms with Gasteiger partial charge in [-0.3, -0.25) is 0 Å². The van der Waals surface area contributed by atoms with E-state index in [4.69, 9.17) is 15.0 Å². The second-order valence-electron chi connectivity index (χ2n) is 5.74. The molecule has 0 fully saturated rings. The largest absolute Gasteiger partial charge is 0.374 e. The number of hydrogen-bond donors (Lipinski definition) is 1. The van der Waals surface area contributed by atoms with Crippen LogP contribution in [0.4, 0.5) is 5.95 Å². The molecule has 0 bridgehead atoms. The average Bonchev–Trinajstić information content (AvgIpc) is 2.81. The first-order valence-corrected chi connectivity index (χ1v) is 6.77.